The smallest absolute Gasteiger partial charge is 0.247 e. The van der Waals surface area contributed by atoms with Crippen LogP contribution in [0.15, 0.2) is 103 Å². The van der Waals surface area contributed by atoms with Crippen molar-refractivity contribution in [3.05, 3.63) is 103 Å². The summed E-state index contributed by atoms with van der Waals surface area (Å²) in [7, 11) is -1.66. The number of hydrogen-bond donors (Lipinski definition) is 2. The second kappa shape index (κ2) is 7.57. The fraction of sp³-hybridized carbons (Fsp3) is 0. The van der Waals surface area contributed by atoms with Gasteiger partial charge in [-0.2, -0.15) is 0 Å². The van der Waals surface area contributed by atoms with Crippen LogP contribution >= 0.6 is 8.45 Å². The van der Waals surface area contributed by atoms with E-state index in [4.69, 9.17) is 0 Å². The van der Waals surface area contributed by atoms with Gasteiger partial charge in [-0.1, -0.05) is 72.8 Å². The minimum Gasteiger partial charge on any atom is -0.338 e. The minimum absolute atomic E-state index is 0.891. The van der Waals surface area contributed by atoms with Crippen molar-refractivity contribution in [1.82, 2.24) is 0 Å². The first-order valence-corrected chi connectivity index (χ1v) is 9.71. The Hall–Kier alpha value is -2.87. The van der Waals surface area contributed by atoms with E-state index < -0.39 is 8.45 Å². The molecule has 0 fully saturated rings. The Balaban J connectivity index is 1.81. The molecule has 1 unspecified atom stereocenters. The fourth-order valence-electron chi connectivity index (χ4n) is 2.99. The Kier molecular flexibility index (Phi) is 4.83. The molecule has 0 amide bonds. The summed E-state index contributed by atoms with van der Waals surface area (Å²) in [6.45, 7) is 0. The highest BCUT2D eigenvalue weighted by Gasteiger charge is 2.21. The lowest BCUT2D eigenvalue weighted by atomic mass is 10.1. The third-order valence-corrected chi connectivity index (χ3v) is 5.47. The molecule has 4 aromatic rings. The molecule has 4 heteroatoms. The van der Waals surface area contributed by atoms with Crippen molar-refractivity contribution in [3.63, 3.8) is 0 Å². The maximum absolute atomic E-state index is 11.1. The molecule has 0 saturated carbocycles. The molecule has 1 atom stereocenters. The number of anilines is 3. The van der Waals surface area contributed by atoms with Gasteiger partial charge in [-0.05, 0) is 35.7 Å². The lowest BCUT2D eigenvalue weighted by molar-refractivity contribution is 0.629. The van der Waals surface area contributed by atoms with Crippen molar-refractivity contribution in [1.29, 1.82) is 0 Å². The topological polar surface area (TPSA) is 35.5 Å². The van der Waals surface area contributed by atoms with Crippen molar-refractivity contribution in [2.75, 3.05) is 9.76 Å². The number of hydrogen-bond acceptors (Lipinski definition) is 3. The van der Waals surface area contributed by atoms with Gasteiger partial charge >= 0.3 is 0 Å². The van der Waals surface area contributed by atoms with Crippen LogP contribution in [-0.2, 0) is 0 Å². The molecule has 26 heavy (non-hydrogen) atoms. The van der Waals surface area contributed by atoms with Gasteiger partial charge in [0.2, 0.25) is 8.45 Å². The highest BCUT2D eigenvalue weighted by atomic mass is 31.2. The van der Waals surface area contributed by atoms with Crippen molar-refractivity contribution in [2.45, 2.75) is 0 Å². The van der Waals surface area contributed by atoms with E-state index in [0.29, 0.717) is 0 Å². The summed E-state index contributed by atoms with van der Waals surface area (Å²) in [6, 6.07) is 34.2. The van der Waals surface area contributed by atoms with Gasteiger partial charge in [-0.15, -0.1) is 0 Å². The molecule has 0 aliphatic carbocycles. The normalized spacial score (nSPS) is 11.9. The van der Waals surface area contributed by atoms with Gasteiger partial charge in [0.1, 0.15) is 0 Å². The van der Waals surface area contributed by atoms with Gasteiger partial charge < -0.3 is 9.98 Å². The average Bonchev–Trinajstić information content (AvgIpc) is 2.70. The number of fused-ring (bicyclic) bond motifs is 1. The van der Waals surface area contributed by atoms with Gasteiger partial charge in [0.05, 0.1) is 5.69 Å². The first kappa shape index (κ1) is 16.6. The highest BCUT2D eigenvalue weighted by molar-refractivity contribution is 7.55. The number of nitrogens with one attached hydrogen (secondary N) is 1. The zero-order valence-corrected chi connectivity index (χ0v) is 15.1. The Bertz CT molecular complexity index is 987. The maximum Gasteiger partial charge on any atom is 0.247 e. The molecule has 0 bridgehead atoms. The molecule has 0 spiro atoms. The highest BCUT2D eigenvalue weighted by Crippen LogP contribution is 2.48. The Morgan fingerprint density at radius 1 is 0.654 bits per heavy atom. The summed E-state index contributed by atoms with van der Waals surface area (Å²) in [5.41, 5.74) is 2.81. The first-order valence-electron chi connectivity index (χ1n) is 8.46. The molecule has 0 aliphatic rings. The number of benzene rings is 4. The zero-order valence-electron chi connectivity index (χ0n) is 14.2. The predicted octanol–water partition coefficient (Wildman–Crippen LogP) is 6.31. The summed E-state index contributed by atoms with van der Waals surface area (Å²) < 4.78 is 1.98. The molecule has 0 radical (unpaired) electrons. The molecular weight excluding hydrogens is 339 g/mol. The summed E-state index contributed by atoms with van der Waals surface area (Å²) >= 11 is 0. The largest absolute Gasteiger partial charge is 0.338 e. The Morgan fingerprint density at radius 2 is 1.27 bits per heavy atom. The quantitative estimate of drug-likeness (QED) is 0.410. The SMILES string of the molecule is OP(Nc1ccccc1)N(c1ccccc1)c1cccc2ccccc12. The van der Waals surface area contributed by atoms with Crippen LogP contribution in [0.5, 0.6) is 0 Å². The zero-order chi connectivity index (χ0) is 17.8. The van der Waals surface area contributed by atoms with Crippen LogP contribution in [0.4, 0.5) is 17.1 Å². The van der Waals surface area contributed by atoms with Gasteiger partial charge in [-0.3, -0.25) is 4.67 Å². The second-order valence-electron chi connectivity index (χ2n) is 5.91. The van der Waals surface area contributed by atoms with Crippen LogP contribution in [0.25, 0.3) is 10.8 Å². The van der Waals surface area contributed by atoms with E-state index in [9.17, 15) is 4.89 Å². The van der Waals surface area contributed by atoms with Crippen molar-refractivity contribution < 1.29 is 4.89 Å². The lowest BCUT2D eigenvalue weighted by Gasteiger charge is -2.30. The fourth-order valence-corrected chi connectivity index (χ4v) is 4.20. The maximum atomic E-state index is 11.1. The summed E-state index contributed by atoms with van der Waals surface area (Å²) in [4.78, 5) is 11.1. The molecule has 0 heterocycles. The Morgan fingerprint density at radius 3 is 2.04 bits per heavy atom. The van der Waals surface area contributed by atoms with E-state index in [2.05, 4.69) is 23.3 Å². The summed E-state index contributed by atoms with van der Waals surface area (Å²) in [6.07, 6.45) is 0. The monoisotopic (exact) mass is 358 g/mol. The molecule has 4 aromatic carbocycles. The van der Waals surface area contributed by atoms with Gasteiger partial charge in [0, 0.05) is 16.8 Å². The first-order chi connectivity index (χ1) is 12.8. The summed E-state index contributed by atoms with van der Waals surface area (Å²) in [5.74, 6) is 0. The molecular formula is C22H19N2OP. The van der Waals surface area contributed by atoms with Crippen molar-refractivity contribution in [3.8, 4) is 0 Å². The van der Waals surface area contributed by atoms with E-state index in [0.717, 1.165) is 27.8 Å². The molecule has 2 N–H and O–H groups in total. The molecule has 0 aliphatic heterocycles. The van der Waals surface area contributed by atoms with Crippen molar-refractivity contribution in [2.24, 2.45) is 0 Å². The van der Waals surface area contributed by atoms with E-state index in [1.807, 2.05) is 89.6 Å². The second-order valence-corrected chi connectivity index (χ2v) is 7.12. The van der Waals surface area contributed by atoms with Crippen LogP contribution < -0.4 is 9.76 Å². The van der Waals surface area contributed by atoms with Gasteiger partial charge in [0.25, 0.3) is 0 Å². The van der Waals surface area contributed by atoms with Crippen LogP contribution in [0, 0.1) is 0 Å². The van der Waals surface area contributed by atoms with Gasteiger partial charge in [0.15, 0.2) is 0 Å². The third kappa shape index (κ3) is 3.41. The number of rotatable bonds is 5. The van der Waals surface area contributed by atoms with Crippen LogP contribution in [0.3, 0.4) is 0 Å². The molecule has 0 aromatic heterocycles. The Labute approximate surface area is 154 Å². The van der Waals surface area contributed by atoms with Crippen LogP contribution in [-0.4, -0.2) is 4.89 Å². The molecule has 128 valence electrons. The predicted molar refractivity (Wildman–Crippen MR) is 112 cm³/mol. The standard InChI is InChI=1S/C22H19N2OP/c25-26(23-19-12-3-1-4-13-19)24(20-14-5-2-6-15-20)22-17-9-11-18-10-7-8-16-21(18)22/h1-17,23,25H. The van der Waals surface area contributed by atoms with E-state index in [1.54, 1.807) is 0 Å². The van der Waals surface area contributed by atoms with E-state index in [-0.39, 0.29) is 0 Å². The third-order valence-electron chi connectivity index (χ3n) is 4.19. The summed E-state index contributed by atoms with van der Waals surface area (Å²) in [5, 5.41) is 5.50. The number of para-hydroxylation sites is 2. The molecule has 0 saturated heterocycles. The molecule has 3 nitrogen and oxygen atoms in total. The van der Waals surface area contributed by atoms with E-state index in [1.165, 1.54) is 0 Å². The van der Waals surface area contributed by atoms with E-state index >= 15 is 0 Å². The van der Waals surface area contributed by atoms with Gasteiger partial charge in [-0.25, -0.2) is 0 Å². The van der Waals surface area contributed by atoms with Crippen molar-refractivity contribution >= 4 is 36.3 Å². The molecule has 4 rings (SSSR count). The van der Waals surface area contributed by atoms with Crippen LogP contribution in [0.1, 0.15) is 0 Å². The lowest BCUT2D eigenvalue weighted by Crippen LogP contribution is -2.15. The van der Waals surface area contributed by atoms with Crippen LogP contribution in [0.2, 0.25) is 0 Å². The number of nitrogens with zero attached hydrogens (tertiary/aromatic N) is 1. The average molecular weight is 358 g/mol. The minimum atomic E-state index is -1.66.